The summed E-state index contributed by atoms with van der Waals surface area (Å²) in [6, 6.07) is 10.9. The van der Waals surface area contributed by atoms with E-state index in [-0.39, 0.29) is 24.9 Å². The molecule has 2 heterocycles. The molecule has 2 aromatic heterocycles. The molecule has 2 aromatic carbocycles. The van der Waals surface area contributed by atoms with Gasteiger partial charge in [0.1, 0.15) is 11.6 Å². The number of fused-ring (bicyclic) bond motifs is 1. The third-order valence-corrected chi connectivity index (χ3v) is 5.83. The molecule has 0 saturated carbocycles. The molecule has 2 N–H and O–H groups in total. The highest BCUT2D eigenvalue weighted by molar-refractivity contribution is 5.96. The number of benzene rings is 2. The largest absolute Gasteiger partial charge is 0.493 e. The molecule has 176 valence electrons. The molecule has 0 fully saturated rings. The Labute approximate surface area is 197 Å². The second-order valence-electron chi connectivity index (χ2n) is 8.15. The summed E-state index contributed by atoms with van der Waals surface area (Å²) in [4.78, 5) is 19.6. The van der Waals surface area contributed by atoms with Gasteiger partial charge >= 0.3 is 0 Å². The van der Waals surface area contributed by atoms with Crippen molar-refractivity contribution >= 4 is 16.8 Å². The molecule has 0 aliphatic heterocycles. The summed E-state index contributed by atoms with van der Waals surface area (Å²) in [5.74, 6) is -0.120. The second kappa shape index (κ2) is 10.0. The SMILES string of the molecule is CCOc1cc(C(=O)N(Cc2cnc(C)c3cn[nH]c23)C(C)CO)ccc1-c1cccc(F)c1. The maximum absolute atomic E-state index is 13.8. The molecule has 0 saturated heterocycles. The fraction of sp³-hybridized carbons (Fsp3) is 0.269. The van der Waals surface area contributed by atoms with Crippen LogP contribution in [0.1, 0.15) is 35.5 Å². The van der Waals surface area contributed by atoms with Gasteiger partial charge in [0, 0.05) is 34.0 Å². The van der Waals surface area contributed by atoms with E-state index >= 15 is 0 Å². The van der Waals surface area contributed by atoms with Crippen molar-refractivity contribution in [3.05, 3.63) is 77.5 Å². The van der Waals surface area contributed by atoms with E-state index in [0.29, 0.717) is 29.0 Å². The maximum atomic E-state index is 13.8. The van der Waals surface area contributed by atoms with E-state index in [1.165, 1.54) is 12.1 Å². The van der Waals surface area contributed by atoms with E-state index < -0.39 is 6.04 Å². The van der Waals surface area contributed by atoms with Crippen molar-refractivity contribution in [2.75, 3.05) is 13.2 Å². The Morgan fingerprint density at radius 1 is 1.24 bits per heavy atom. The number of aliphatic hydroxyl groups is 1. The first kappa shape index (κ1) is 23.4. The van der Waals surface area contributed by atoms with Crippen molar-refractivity contribution in [1.29, 1.82) is 0 Å². The Morgan fingerprint density at radius 2 is 2.06 bits per heavy atom. The molecule has 7 nitrogen and oxygen atoms in total. The number of nitrogens with zero attached hydrogens (tertiary/aromatic N) is 3. The molecule has 8 heteroatoms. The highest BCUT2D eigenvalue weighted by Crippen LogP contribution is 2.32. The lowest BCUT2D eigenvalue weighted by Gasteiger charge is -2.28. The smallest absolute Gasteiger partial charge is 0.254 e. The average molecular weight is 463 g/mol. The zero-order valence-electron chi connectivity index (χ0n) is 19.4. The van der Waals surface area contributed by atoms with Crippen LogP contribution in [0.3, 0.4) is 0 Å². The highest BCUT2D eigenvalue weighted by Gasteiger charge is 2.24. The summed E-state index contributed by atoms with van der Waals surface area (Å²) < 4.78 is 19.6. The Kier molecular flexibility index (Phi) is 6.88. The van der Waals surface area contributed by atoms with Crippen molar-refractivity contribution in [3.8, 4) is 16.9 Å². The van der Waals surface area contributed by atoms with Gasteiger partial charge in [-0.1, -0.05) is 12.1 Å². The quantitative estimate of drug-likeness (QED) is 0.403. The van der Waals surface area contributed by atoms with Gasteiger partial charge in [-0.3, -0.25) is 14.9 Å². The number of rotatable bonds is 8. The number of ether oxygens (including phenoxy) is 1. The Bertz CT molecular complexity index is 1320. The van der Waals surface area contributed by atoms with Gasteiger partial charge in [0.15, 0.2) is 0 Å². The summed E-state index contributed by atoms with van der Waals surface area (Å²) in [6.07, 6.45) is 3.43. The standard InChI is InChI=1S/C26H27FN4O3/c1-4-34-24-11-19(8-9-22(24)18-6-5-7-21(27)10-18)26(33)31(16(2)15-32)14-20-12-28-17(3)23-13-29-30-25(20)23/h5-13,16,32H,4,14-15H2,1-3H3,(H,29,30). The van der Waals surface area contributed by atoms with Gasteiger partial charge in [0.05, 0.1) is 37.5 Å². The van der Waals surface area contributed by atoms with E-state index in [4.69, 9.17) is 4.74 Å². The number of carbonyl (C=O) groups excluding carboxylic acids is 1. The first-order chi connectivity index (χ1) is 16.4. The van der Waals surface area contributed by atoms with E-state index in [2.05, 4.69) is 15.2 Å². The summed E-state index contributed by atoms with van der Waals surface area (Å²) in [5.41, 5.74) is 4.22. The molecule has 0 spiro atoms. The normalized spacial score (nSPS) is 12.0. The zero-order chi connectivity index (χ0) is 24.2. The van der Waals surface area contributed by atoms with Gasteiger partial charge in [-0.25, -0.2) is 4.39 Å². The first-order valence-corrected chi connectivity index (χ1v) is 11.1. The molecular weight excluding hydrogens is 435 g/mol. The van der Waals surface area contributed by atoms with Crippen LogP contribution in [0.15, 0.2) is 54.9 Å². The number of hydrogen-bond donors (Lipinski definition) is 2. The van der Waals surface area contributed by atoms with Crippen LogP contribution in [-0.4, -0.2) is 50.4 Å². The van der Waals surface area contributed by atoms with Crippen LogP contribution < -0.4 is 4.74 Å². The van der Waals surface area contributed by atoms with Gasteiger partial charge in [0.25, 0.3) is 5.91 Å². The van der Waals surface area contributed by atoms with Crippen LogP contribution in [0.5, 0.6) is 5.75 Å². The van der Waals surface area contributed by atoms with E-state index in [0.717, 1.165) is 22.2 Å². The van der Waals surface area contributed by atoms with Crippen molar-refractivity contribution in [1.82, 2.24) is 20.1 Å². The number of carbonyl (C=O) groups is 1. The lowest BCUT2D eigenvalue weighted by Crippen LogP contribution is -2.40. The lowest BCUT2D eigenvalue weighted by molar-refractivity contribution is 0.0599. The number of aromatic amines is 1. The predicted molar refractivity (Wildman–Crippen MR) is 128 cm³/mol. The van der Waals surface area contributed by atoms with E-state index in [1.807, 2.05) is 13.8 Å². The first-order valence-electron chi connectivity index (χ1n) is 11.1. The van der Waals surface area contributed by atoms with Crippen LogP contribution >= 0.6 is 0 Å². The van der Waals surface area contributed by atoms with Crippen molar-refractivity contribution in [3.63, 3.8) is 0 Å². The van der Waals surface area contributed by atoms with Gasteiger partial charge in [-0.15, -0.1) is 0 Å². The number of aliphatic hydroxyl groups excluding tert-OH is 1. The number of nitrogens with one attached hydrogen (secondary N) is 1. The van der Waals surface area contributed by atoms with Gasteiger partial charge in [-0.05, 0) is 56.7 Å². The third kappa shape index (κ3) is 4.63. The maximum Gasteiger partial charge on any atom is 0.254 e. The van der Waals surface area contributed by atoms with Gasteiger partial charge in [0.2, 0.25) is 0 Å². The molecule has 0 aliphatic rings. The van der Waals surface area contributed by atoms with Crippen LogP contribution in [0.25, 0.3) is 22.0 Å². The molecule has 1 amide bonds. The highest BCUT2D eigenvalue weighted by atomic mass is 19.1. The Hall–Kier alpha value is -3.78. The minimum atomic E-state index is -0.440. The number of amides is 1. The minimum absolute atomic E-state index is 0.198. The minimum Gasteiger partial charge on any atom is -0.493 e. The molecule has 0 aliphatic carbocycles. The van der Waals surface area contributed by atoms with Crippen molar-refractivity contribution < 1.29 is 19.0 Å². The molecule has 1 atom stereocenters. The lowest BCUT2D eigenvalue weighted by atomic mass is 10.0. The fourth-order valence-electron chi connectivity index (χ4n) is 3.93. The number of H-pyrrole nitrogens is 1. The average Bonchev–Trinajstić information content (AvgIpc) is 3.34. The number of pyridine rings is 1. The third-order valence-electron chi connectivity index (χ3n) is 5.83. The molecule has 0 bridgehead atoms. The molecule has 34 heavy (non-hydrogen) atoms. The van der Waals surface area contributed by atoms with Crippen molar-refractivity contribution in [2.24, 2.45) is 0 Å². The molecule has 4 rings (SSSR count). The van der Waals surface area contributed by atoms with E-state index in [9.17, 15) is 14.3 Å². The van der Waals surface area contributed by atoms with Crippen LogP contribution in [0, 0.1) is 12.7 Å². The molecule has 4 aromatic rings. The topological polar surface area (TPSA) is 91.3 Å². The Balaban J connectivity index is 1.71. The molecule has 0 radical (unpaired) electrons. The fourth-order valence-corrected chi connectivity index (χ4v) is 3.93. The summed E-state index contributed by atoms with van der Waals surface area (Å²) in [6.45, 7) is 5.97. The molecule has 1 unspecified atom stereocenters. The summed E-state index contributed by atoms with van der Waals surface area (Å²) in [7, 11) is 0. The van der Waals surface area contributed by atoms with Gasteiger partial charge in [-0.2, -0.15) is 5.10 Å². The molecular formula is C26H27FN4O3. The van der Waals surface area contributed by atoms with E-state index in [1.54, 1.807) is 54.5 Å². The summed E-state index contributed by atoms with van der Waals surface area (Å²) >= 11 is 0. The van der Waals surface area contributed by atoms with Crippen LogP contribution in [-0.2, 0) is 6.54 Å². The number of aromatic nitrogens is 3. The van der Waals surface area contributed by atoms with Gasteiger partial charge < -0.3 is 14.7 Å². The number of hydrogen-bond acceptors (Lipinski definition) is 5. The van der Waals surface area contributed by atoms with Crippen LogP contribution in [0.4, 0.5) is 4.39 Å². The Morgan fingerprint density at radius 3 is 2.79 bits per heavy atom. The predicted octanol–water partition coefficient (Wildman–Crippen LogP) is 4.49. The number of aryl methyl sites for hydroxylation is 1. The number of halogens is 1. The monoisotopic (exact) mass is 462 g/mol. The zero-order valence-corrected chi connectivity index (χ0v) is 19.4. The van der Waals surface area contributed by atoms with Crippen molar-refractivity contribution in [2.45, 2.75) is 33.4 Å². The second-order valence-corrected chi connectivity index (χ2v) is 8.15. The summed E-state index contributed by atoms with van der Waals surface area (Å²) in [5, 5.41) is 17.9. The van der Waals surface area contributed by atoms with Crippen LogP contribution in [0.2, 0.25) is 0 Å².